The molecule has 2 atom stereocenters. The van der Waals surface area contributed by atoms with Crippen molar-refractivity contribution < 1.29 is 19.4 Å². The summed E-state index contributed by atoms with van der Waals surface area (Å²) in [6, 6.07) is -0.0516. The lowest BCUT2D eigenvalue weighted by molar-refractivity contribution is -0.119. The third kappa shape index (κ3) is 5.89. The quantitative estimate of drug-likeness (QED) is 0.593. The molecule has 1 saturated heterocycles. The monoisotopic (exact) mass is 273 g/mol. The number of primary amides is 1. The van der Waals surface area contributed by atoms with E-state index in [9.17, 15) is 9.59 Å². The topological polar surface area (TPSA) is 105 Å². The Kier molecular flexibility index (Phi) is 6.58. The third-order valence-electron chi connectivity index (χ3n) is 3.27. The first-order valence-corrected chi connectivity index (χ1v) is 6.51. The Bertz CT molecular complexity index is 311. The summed E-state index contributed by atoms with van der Waals surface area (Å²) < 4.78 is 4.59. The fourth-order valence-corrected chi connectivity index (χ4v) is 2.57. The van der Waals surface area contributed by atoms with Gasteiger partial charge in [-0.2, -0.15) is 0 Å². The number of aliphatic hydroxyl groups is 1. The lowest BCUT2D eigenvalue weighted by Gasteiger charge is -2.37. The number of hydrogen-bond donors (Lipinski definition) is 3. The molecule has 0 saturated carbocycles. The number of carbonyl (C=O) groups excluding carboxylic acids is 2. The fraction of sp³-hybridized carbons (Fsp3) is 0.833. The van der Waals surface area contributed by atoms with Gasteiger partial charge in [0.2, 0.25) is 5.91 Å². The molecule has 0 aromatic rings. The minimum absolute atomic E-state index is 0.0516. The second-order valence-electron chi connectivity index (χ2n) is 4.96. The van der Waals surface area contributed by atoms with Crippen molar-refractivity contribution in [1.82, 2.24) is 10.2 Å². The number of ether oxygens (including phenoxy) is 1. The molecule has 0 spiro atoms. The molecular weight excluding hydrogens is 250 g/mol. The standard InChI is InChI=1S/C12H23N3O4/c1-19-12(18)14-10-5-9(3-2-4-16)6-15(7-10)8-11(13)17/h9-10,16H,2-8H2,1H3,(H2,13,17)(H,14,18). The molecule has 7 nitrogen and oxygen atoms in total. The maximum atomic E-state index is 11.2. The number of nitrogens with two attached hydrogens (primary N) is 1. The average Bonchev–Trinajstić information content (AvgIpc) is 2.35. The zero-order valence-corrected chi connectivity index (χ0v) is 11.3. The zero-order chi connectivity index (χ0) is 14.3. The molecule has 19 heavy (non-hydrogen) atoms. The average molecular weight is 273 g/mol. The van der Waals surface area contributed by atoms with E-state index in [1.165, 1.54) is 7.11 Å². The SMILES string of the molecule is COC(=O)NC1CC(CCCO)CN(CC(N)=O)C1. The van der Waals surface area contributed by atoms with Crippen molar-refractivity contribution in [2.75, 3.05) is 33.4 Å². The molecule has 0 bridgehead atoms. The third-order valence-corrected chi connectivity index (χ3v) is 3.27. The van der Waals surface area contributed by atoms with Crippen molar-refractivity contribution >= 4 is 12.0 Å². The molecule has 0 aromatic heterocycles. The fourth-order valence-electron chi connectivity index (χ4n) is 2.57. The Labute approximate surface area is 113 Å². The van der Waals surface area contributed by atoms with Crippen molar-refractivity contribution in [3.05, 3.63) is 0 Å². The van der Waals surface area contributed by atoms with Crippen molar-refractivity contribution in [3.8, 4) is 0 Å². The lowest BCUT2D eigenvalue weighted by atomic mass is 9.90. The van der Waals surface area contributed by atoms with Crippen LogP contribution >= 0.6 is 0 Å². The van der Waals surface area contributed by atoms with Crippen LogP contribution in [0.4, 0.5) is 4.79 Å². The first-order valence-electron chi connectivity index (χ1n) is 6.51. The molecule has 1 aliphatic rings. The summed E-state index contributed by atoms with van der Waals surface area (Å²) in [6.07, 6.45) is 1.95. The van der Waals surface area contributed by atoms with Crippen LogP contribution in [0.25, 0.3) is 0 Å². The highest BCUT2D eigenvalue weighted by Gasteiger charge is 2.28. The van der Waals surface area contributed by atoms with Crippen LogP contribution in [0.5, 0.6) is 0 Å². The van der Waals surface area contributed by atoms with Gasteiger partial charge in [0.05, 0.1) is 13.7 Å². The molecule has 110 valence electrons. The molecule has 1 aliphatic heterocycles. The highest BCUT2D eigenvalue weighted by Crippen LogP contribution is 2.21. The van der Waals surface area contributed by atoms with Gasteiger partial charge in [-0.1, -0.05) is 0 Å². The molecule has 0 aliphatic carbocycles. The first kappa shape index (κ1) is 15.7. The minimum Gasteiger partial charge on any atom is -0.453 e. The number of methoxy groups -OCH3 is 1. The lowest BCUT2D eigenvalue weighted by Crippen LogP contribution is -2.52. The predicted octanol–water partition coefficient (Wildman–Crippen LogP) is -0.709. The van der Waals surface area contributed by atoms with Gasteiger partial charge in [-0.25, -0.2) is 4.79 Å². The number of nitrogens with zero attached hydrogens (tertiary/aromatic N) is 1. The van der Waals surface area contributed by atoms with Crippen LogP contribution in [-0.4, -0.2) is 61.4 Å². The number of rotatable bonds is 6. The second kappa shape index (κ2) is 7.96. The van der Waals surface area contributed by atoms with E-state index in [1.54, 1.807) is 0 Å². The second-order valence-corrected chi connectivity index (χ2v) is 4.96. The van der Waals surface area contributed by atoms with Gasteiger partial charge < -0.3 is 20.9 Å². The van der Waals surface area contributed by atoms with Gasteiger partial charge >= 0.3 is 6.09 Å². The van der Waals surface area contributed by atoms with Crippen LogP contribution in [-0.2, 0) is 9.53 Å². The van der Waals surface area contributed by atoms with Crippen molar-refractivity contribution in [1.29, 1.82) is 0 Å². The van der Waals surface area contributed by atoms with E-state index in [0.717, 1.165) is 25.8 Å². The minimum atomic E-state index is -0.466. The summed E-state index contributed by atoms with van der Waals surface area (Å²) in [5.74, 6) is -0.0398. The predicted molar refractivity (Wildman–Crippen MR) is 69.4 cm³/mol. The van der Waals surface area contributed by atoms with Crippen molar-refractivity contribution in [2.24, 2.45) is 11.7 Å². The number of likely N-dealkylation sites (tertiary alicyclic amines) is 1. The molecule has 1 heterocycles. The number of nitrogens with one attached hydrogen (secondary N) is 1. The number of hydrogen-bond acceptors (Lipinski definition) is 5. The normalized spacial score (nSPS) is 23.9. The van der Waals surface area contributed by atoms with Crippen LogP contribution in [0.15, 0.2) is 0 Å². The number of amides is 2. The molecule has 1 fully saturated rings. The van der Waals surface area contributed by atoms with Crippen LogP contribution < -0.4 is 11.1 Å². The number of piperidine rings is 1. The van der Waals surface area contributed by atoms with Crippen LogP contribution in [0.2, 0.25) is 0 Å². The van der Waals surface area contributed by atoms with Crippen LogP contribution in [0.3, 0.4) is 0 Å². The van der Waals surface area contributed by atoms with Gasteiger partial charge in [0.15, 0.2) is 0 Å². The largest absolute Gasteiger partial charge is 0.453 e. The molecule has 7 heteroatoms. The molecule has 2 amide bonds. The molecule has 0 aromatic carbocycles. The zero-order valence-electron chi connectivity index (χ0n) is 11.3. The van der Waals surface area contributed by atoms with E-state index in [0.29, 0.717) is 12.5 Å². The summed E-state index contributed by atoms with van der Waals surface area (Å²) >= 11 is 0. The Morgan fingerprint density at radius 2 is 2.21 bits per heavy atom. The summed E-state index contributed by atoms with van der Waals surface area (Å²) in [4.78, 5) is 24.2. The molecule has 2 unspecified atom stereocenters. The molecule has 1 rings (SSSR count). The van der Waals surface area contributed by atoms with Gasteiger partial charge in [-0.05, 0) is 25.2 Å². The van der Waals surface area contributed by atoms with Crippen LogP contribution in [0, 0.1) is 5.92 Å². The van der Waals surface area contributed by atoms with Crippen LogP contribution in [0.1, 0.15) is 19.3 Å². The van der Waals surface area contributed by atoms with E-state index in [1.807, 2.05) is 4.90 Å². The van der Waals surface area contributed by atoms with Gasteiger partial charge in [-0.15, -0.1) is 0 Å². The first-order chi connectivity index (χ1) is 9.05. The summed E-state index contributed by atoms with van der Waals surface area (Å²) in [7, 11) is 1.32. The van der Waals surface area contributed by atoms with Crippen molar-refractivity contribution in [2.45, 2.75) is 25.3 Å². The summed E-state index contributed by atoms with van der Waals surface area (Å²) in [5, 5.41) is 11.6. The molecule has 4 N–H and O–H groups in total. The van der Waals surface area contributed by atoms with E-state index < -0.39 is 6.09 Å². The molecular formula is C12H23N3O4. The van der Waals surface area contributed by atoms with Gasteiger partial charge in [0.25, 0.3) is 0 Å². The Hall–Kier alpha value is -1.34. The van der Waals surface area contributed by atoms with E-state index in [4.69, 9.17) is 10.8 Å². The van der Waals surface area contributed by atoms with E-state index in [2.05, 4.69) is 10.1 Å². The molecule has 0 radical (unpaired) electrons. The smallest absolute Gasteiger partial charge is 0.407 e. The summed E-state index contributed by atoms with van der Waals surface area (Å²) in [5.41, 5.74) is 5.21. The Balaban J connectivity index is 2.55. The van der Waals surface area contributed by atoms with Crippen molar-refractivity contribution in [3.63, 3.8) is 0 Å². The maximum Gasteiger partial charge on any atom is 0.407 e. The number of aliphatic hydroxyl groups excluding tert-OH is 1. The Morgan fingerprint density at radius 1 is 1.47 bits per heavy atom. The maximum absolute atomic E-state index is 11.2. The van der Waals surface area contributed by atoms with Gasteiger partial charge in [-0.3, -0.25) is 9.69 Å². The highest BCUT2D eigenvalue weighted by molar-refractivity contribution is 5.76. The van der Waals surface area contributed by atoms with Gasteiger partial charge in [0.1, 0.15) is 0 Å². The number of alkyl carbamates (subject to hydrolysis) is 1. The highest BCUT2D eigenvalue weighted by atomic mass is 16.5. The van der Waals surface area contributed by atoms with Gasteiger partial charge in [0, 0.05) is 25.7 Å². The Morgan fingerprint density at radius 3 is 2.79 bits per heavy atom. The van der Waals surface area contributed by atoms with E-state index in [-0.39, 0.29) is 25.1 Å². The summed E-state index contributed by atoms with van der Waals surface area (Å²) in [6.45, 7) is 1.70. The number of carbonyl (C=O) groups is 2. The van der Waals surface area contributed by atoms with E-state index >= 15 is 0 Å².